The lowest BCUT2D eigenvalue weighted by atomic mass is 10.1. The molecule has 0 N–H and O–H groups in total. The Morgan fingerprint density at radius 3 is 2.38 bits per heavy atom. The van der Waals surface area contributed by atoms with Gasteiger partial charge in [0.25, 0.3) is 0 Å². The topological polar surface area (TPSA) is 43.4 Å². The fraction of sp³-hybridized carbons (Fsp3) is 0.333. The van der Waals surface area contributed by atoms with Gasteiger partial charge in [-0.25, -0.2) is 0 Å². The molecule has 0 spiro atoms. The number of esters is 1. The van der Waals surface area contributed by atoms with Gasteiger partial charge in [0.05, 0.1) is 0 Å². The SMILES string of the molecule is CCSc1ccc(C(=O)COC(C)=O)cc1. The predicted octanol–water partition coefficient (Wildman–Crippen LogP) is 2.54. The van der Waals surface area contributed by atoms with E-state index in [-0.39, 0.29) is 12.4 Å². The van der Waals surface area contributed by atoms with Crippen molar-refractivity contribution in [3.05, 3.63) is 29.8 Å². The molecule has 0 fully saturated rings. The van der Waals surface area contributed by atoms with E-state index in [1.165, 1.54) is 6.92 Å². The van der Waals surface area contributed by atoms with Crippen LogP contribution in [0.1, 0.15) is 24.2 Å². The van der Waals surface area contributed by atoms with Crippen molar-refractivity contribution in [1.29, 1.82) is 0 Å². The van der Waals surface area contributed by atoms with E-state index in [1.54, 1.807) is 23.9 Å². The van der Waals surface area contributed by atoms with Crippen molar-refractivity contribution < 1.29 is 14.3 Å². The smallest absolute Gasteiger partial charge is 0.303 e. The van der Waals surface area contributed by atoms with E-state index >= 15 is 0 Å². The summed E-state index contributed by atoms with van der Waals surface area (Å²) < 4.78 is 4.64. The van der Waals surface area contributed by atoms with Crippen molar-refractivity contribution in [2.24, 2.45) is 0 Å². The molecule has 0 aromatic heterocycles. The molecule has 0 bridgehead atoms. The number of rotatable bonds is 5. The number of carbonyl (C=O) groups excluding carboxylic acids is 2. The van der Waals surface area contributed by atoms with E-state index in [2.05, 4.69) is 11.7 Å². The lowest BCUT2D eigenvalue weighted by Crippen LogP contribution is -2.11. The van der Waals surface area contributed by atoms with E-state index in [0.717, 1.165) is 10.6 Å². The van der Waals surface area contributed by atoms with Gasteiger partial charge in [0.1, 0.15) is 0 Å². The number of hydrogen-bond donors (Lipinski definition) is 0. The molecular weight excluding hydrogens is 224 g/mol. The number of thioether (sulfide) groups is 1. The quantitative estimate of drug-likeness (QED) is 0.449. The number of hydrogen-bond acceptors (Lipinski definition) is 4. The van der Waals surface area contributed by atoms with Crippen LogP contribution < -0.4 is 0 Å². The Hall–Kier alpha value is -1.29. The van der Waals surface area contributed by atoms with Crippen LogP contribution in [0.3, 0.4) is 0 Å². The first kappa shape index (κ1) is 12.8. The molecule has 0 aliphatic carbocycles. The normalized spacial score (nSPS) is 9.88. The van der Waals surface area contributed by atoms with Gasteiger partial charge in [-0.3, -0.25) is 9.59 Å². The van der Waals surface area contributed by atoms with Crippen LogP contribution in [0.15, 0.2) is 29.2 Å². The average molecular weight is 238 g/mol. The van der Waals surface area contributed by atoms with Crippen LogP contribution in [-0.2, 0) is 9.53 Å². The highest BCUT2D eigenvalue weighted by molar-refractivity contribution is 7.99. The van der Waals surface area contributed by atoms with Crippen molar-refractivity contribution in [1.82, 2.24) is 0 Å². The summed E-state index contributed by atoms with van der Waals surface area (Å²) in [6, 6.07) is 7.30. The minimum atomic E-state index is -0.438. The molecule has 0 unspecified atom stereocenters. The van der Waals surface area contributed by atoms with Gasteiger partial charge in [-0.1, -0.05) is 19.1 Å². The van der Waals surface area contributed by atoms with Gasteiger partial charge < -0.3 is 4.74 Å². The number of benzene rings is 1. The lowest BCUT2D eigenvalue weighted by molar-refractivity contribution is -0.139. The van der Waals surface area contributed by atoms with E-state index in [4.69, 9.17) is 0 Å². The van der Waals surface area contributed by atoms with Crippen LogP contribution in [0.25, 0.3) is 0 Å². The van der Waals surface area contributed by atoms with Gasteiger partial charge >= 0.3 is 5.97 Å². The number of Topliss-reactive ketones (excluding diaryl/α,β-unsaturated/α-hetero) is 1. The molecule has 1 aromatic carbocycles. The lowest BCUT2D eigenvalue weighted by Gasteiger charge is -2.03. The van der Waals surface area contributed by atoms with E-state index in [0.29, 0.717) is 5.56 Å². The fourth-order valence-corrected chi connectivity index (χ4v) is 1.82. The standard InChI is InChI=1S/C12H14O3S/c1-3-16-11-6-4-10(5-7-11)12(14)8-15-9(2)13/h4-7H,3,8H2,1-2H3. The molecule has 1 rings (SSSR count). The minimum absolute atomic E-state index is 0.178. The van der Waals surface area contributed by atoms with E-state index in [9.17, 15) is 9.59 Å². The highest BCUT2D eigenvalue weighted by atomic mass is 32.2. The summed E-state index contributed by atoms with van der Waals surface area (Å²) in [5.74, 6) is 0.385. The summed E-state index contributed by atoms with van der Waals surface area (Å²) >= 11 is 1.72. The summed E-state index contributed by atoms with van der Waals surface area (Å²) in [5, 5.41) is 0. The van der Waals surface area contributed by atoms with Gasteiger partial charge in [0, 0.05) is 17.4 Å². The van der Waals surface area contributed by atoms with Crippen molar-refractivity contribution >= 4 is 23.5 Å². The zero-order chi connectivity index (χ0) is 12.0. The van der Waals surface area contributed by atoms with Crippen LogP contribution in [-0.4, -0.2) is 24.1 Å². The highest BCUT2D eigenvalue weighted by Crippen LogP contribution is 2.17. The Labute approximate surface area is 99.2 Å². The van der Waals surface area contributed by atoms with E-state index < -0.39 is 5.97 Å². The molecular formula is C12H14O3S. The van der Waals surface area contributed by atoms with Gasteiger partial charge in [0.2, 0.25) is 0 Å². The number of ether oxygens (including phenoxy) is 1. The van der Waals surface area contributed by atoms with Crippen molar-refractivity contribution in [3.63, 3.8) is 0 Å². The average Bonchev–Trinajstić information content (AvgIpc) is 2.27. The molecule has 0 amide bonds. The van der Waals surface area contributed by atoms with Crippen molar-refractivity contribution in [2.75, 3.05) is 12.4 Å². The second-order valence-corrected chi connectivity index (χ2v) is 4.50. The predicted molar refractivity (Wildman–Crippen MR) is 63.8 cm³/mol. The van der Waals surface area contributed by atoms with Crippen molar-refractivity contribution in [2.45, 2.75) is 18.7 Å². The van der Waals surface area contributed by atoms with Gasteiger partial charge in [-0.2, -0.15) is 0 Å². The molecule has 4 heteroatoms. The molecule has 86 valence electrons. The third-order valence-corrected chi connectivity index (χ3v) is 2.79. The Kier molecular flexibility index (Phi) is 5.05. The van der Waals surface area contributed by atoms with Gasteiger partial charge in [-0.15, -0.1) is 11.8 Å². The molecule has 0 saturated carbocycles. The molecule has 0 saturated heterocycles. The van der Waals surface area contributed by atoms with Crippen LogP contribution in [0.2, 0.25) is 0 Å². The Morgan fingerprint density at radius 1 is 1.25 bits per heavy atom. The summed E-state index contributed by atoms with van der Waals surface area (Å²) in [5.41, 5.74) is 0.571. The second kappa shape index (κ2) is 6.33. The maximum Gasteiger partial charge on any atom is 0.303 e. The molecule has 3 nitrogen and oxygen atoms in total. The summed E-state index contributed by atoms with van der Waals surface area (Å²) in [7, 11) is 0. The molecule has 0 aliphatic heterocycles. The first-order valence-electron chi connectivity index (χ1n) is 5.03. The van der Waals surface area contributed by atoms with Gasteiger partial charge in [0.15, 0.2) is 12.4 Å². The van der Waals surface area contributed by atoms with Crippen LogP contribution in [0, 0.1) is 0 Å². The van der Waals surface area contributed by atoms with Gasteiger partial charge in [-0.05, 0) is 17.9 Å². The molecule has 0 heterocycles. The molecule has 1 aromatic rings. The molecule has 0 aliphatic rings. The number of ketones is 1. The Bertz CT molecular complexity index is 370. The monoisotopic (exact) mass is 238 g/mol. The summed E-state index contributed by atoms with van der Waals surface area (Å²) in [6.07, 6.45) is 0. The third-order valence-electron chi connectivity index (χ3n) is 1.89. The maximum atomic E-state index is 11.5. The Balaban J connectivity index is 2.59. The fourth-order valence-electron chi connectivity index (χ4n) is 1.15. The Morgan fingerprint density at radius 2 is 1.88 bits per heavy atom. The van der Waals surface area contributed by atoms with E-state index in [1.807, 2.05) is 12.1 Å². The molecule has 0 radical (unpaired) electrons. The van der Waals surface area contributed by atoms with Crippen LogP contribution in [0.4, 0.5) is 0 Å². The first-order valence-corrected chi connectivity index (χ1v) is 6.01. The number of carbonyl (C=O) groups is 2. The maximum absolute atomic E-state index is 11.5. The van der Waals surface area contributed by atoms with Crippen molar-refractivity contribution in [3.8, 4) is 0 Å². The minimum Gasteiger partial charge on any atom is -0.457 e. The molecule has 16 heavy (non-hydrogen) atoms. The largest absolute Gasteiger partial charge is 0.457 e. The highest BCUT2D eigenvalue weighted by Gasteiger charge is 2.07. The molecule has 0 atom stereocenters. The zero-order valence-corrected chi connectivity index (χ0v) is 10.2. The zero-order valence-electron chi connectivity index (χ0n) is 9.36. The summed E-state index contributed by atoms with van der Waals surface area (Å²) in [4.78, 5) is 23.2. The summed E-state index contributed by atoms with van der Waals surface area (Å²) in [6.45, 7) is 3.17. The second-order valence-electron chi connectivity index (χ2n) is 3.16. The third kappa shape index (κ3) is 4.06. The van der Waals surface area contributed by atoms with Crippen LogP contribution in [0.5, 0.6) is 0 Å². The van der Waals surface area contributed by atoms with Crippen LogP contribution >= 0.6 is 11.8 Å². The first-order chi connectivity index (χ1) is 7.63.